The normalized spacial score (nSPS) is 14.0. The van der Waals surface area contributed by atoms with E-state index < -0.39 is 5.91 Å². The largest absolute Gasteiger partial charge is 0.371 e. The number of aryl methyl sites for hydroxylation is 1. The summed E-state index contributed by atoms with van der Waals surface area (Å²) in [4.78, 5) is 13.8. The van der Waals surface area contributed by atoms with Gasteiger partial charge in [-0.05, 0) is 37.0 Å². The van der Waals surface area contributed by atoms with Crippen molar-refractivity contribution in [1.82, 2.24) is 15.4 Å². The van der Waals surface area contributed by atoms with E-state index in [0.717, 1.165) is 37.9 Å². The van der Waals surface area contributed by atoms with E-state index in [1.54, 1.807) is 0 Å². The lowest BCUT2D eigenvalue weighted by Crippen LogP contribution is -2.29. The fourth-order valence-corrected chi connectivity index (χ4v) is 2.93. The van der Waals surface area contributed by atoms with Crippen LogP contribution in [0.2, 0.25) is 0 Å². The maximum absolute atomic E-state index is 11.4. The standard InChI is InChI=1S/C15H19N5O/c1-2-7-20-8-3-4-10-9-11(5-6-12(10)20)13-14(15(16)21)18-19-17-13/h5-6,9H,2-4,7-8H2,1H3,(H2,16,21)(H,17,18,19). The average Bonchev–Trinajstić information content (AvgIpc) is 2.97. The van der Waals surface area contributed by atoms with E-state index in [9.17, 15) is 4.79 Å². The highest BCUT2D eigenvalue weighted by Gasteiger charge is 2.20. The molecule has 1 aromatic heterocycles. The van der Waals surface area contributed by atoms with Crippen LogP contribution in [0.25, 0.3) is 11.3 Å². The molecule has 21 heavy (non-hydrogen) atoms. The van der Waals surface area contributed by atoms with Gasteiger partial charge in [-0.25, -0.2) is 0 Å². The zero-order chi connectivity index (χ0) is 14.8. The molecular formula is C15H19N5O. The fraction of sp³-hybridized carbons (Fsp3) is 0.400. The van der Waals surface area contributed by atoms with Gasteiger partial charge in [-0.3, -0.25) is 4.79 Å². The highest BCUT2D eigenvalue weighted by Crippen LogP contribution is 2.31. The molecule has 2 heterocycles. The van der Waals surface area contributed by atoms with Crippen molar-refractivity contribution in [3.8, 4) is 11.3 Å². The summed E-state index contributed by atoms with van der Waals surface area (Å²) in [6.45, 7) is 4.37. The molecule has 110 valence electrons. The summed E-state index contributed by atoms with van der Waals surface area (Å²) in [5, 5.41) is 10.4. The quantitative estimate of drug-likeness (QED) is 0.895. The fourth-order valence-electron chi connectivity index (χ4n) is 2.93. The molecule has 3 rings (SSSR count). The van der Waals surface area contributed by atoms with Gasteiger partial charge in [-0.15, -0.1) is 0 Å². The highest BCUT2D eigenvalue weighted by molar-refractivity contribution is 5.96. The van der Waals surface area contributed by atoms with Crippen LogP contribution >= 0.6 is 0 Å². The number of aromatic nitrogens is 3. The van der Waals surface area contributed by atoms with Gasteiger partial charge in [0.15, 0.2) is 5.69 Å². The van der Waals surface area contributed by atoms with Crippen molar-refractivity contribution in [2.75, 3.05) is 18.0 Å². The number of H-pyrrole nitrogens is 1. The van der Waals surface area contributed by atoms with Gasteiger partial charge in [0.1, 0.15) is 5.69 Å². The number of carbonyl (C=O) groups excluding carboxylic acids is 1. The predicted molar refractivity (Wildman–Crippen MR) is 81.2 cm³/mol. The van der Waals surface area contributed by atoms with Crippen LogP contribution in [0.15, 0.2) is 18.2 Å². The van der Waals surface area contributed by atoms with Crippen LogP contribution in [-0.2, 0) is 6.42 Å². The van der Waals surface area contributed by atoms with Gasteiger partial charge in [0.05, 0.1) is 0 Å². The number of amides is 1. The Morgan fingerprint density at radius 3 is 3.05 bits per heavy atom. The topological polar surface area (TPSA) is 87.9 Å². The molecule has 0 saturated heterocycles. The number of carbonyl (C=O) groups is 1. The molecule has 0 atom stereocenters. The third kappa shape index (κ3) is 2.49. The van der Waals surface area contributed by atoms with E-state index in [2.05, 4.69) is 39.4 Å². The Morgan fingerprint density at radius 2 is 2.29 bits per heavy atom. The van der Waals surface area contributed by atoms with Gasteiger partial charge in [-0.1, -0.05) is 13.0 Å². The summed E-state index contributed by atoms with van der Waals surface area (Å²) in [7, 11) is 0. The molecule has 0 spiro atoms. The molecule has 0 fully saturated rings. The number of fused-ring (bicyclic) bond motifs is 1. The third-order valence-electron chi connectivity index (χ3n) is 3.84. The van der Waals surface area contributed by atoms with Gasteiger partial charge in [0.2, 0.25) is 0 Å². The number of hydrogen-bond donors (Lipinski definition) is 2. The molecule has 0 bridgehead atoms. The van der Waals surface area contributed by atoms with Crippen molar-refractivity contribution in [1.29, 1.82) is 0 Å². The Kier molecular flexibility index (Phi) is 3.60. The Morgan fingerprint density at radius 1 is 1.43 bits per heavy atom. The van der Waals surface area contributed by atoms with Crippen LogP contribution < -0.4 is 10.6 Å². The number of aromatic amines is 1. The van der Waals surface area contributed by atoms with Crippen LogP contribution in [0, 0.1) is 0 Å². The summed E-state index contributed by atoms with van der Waals surface area (Å²) in [5.74, 6) is -0.566. The number of hydrogen-bond acceptors (Lipinski definition) is 4. The molecule has 6 nitrogen and oxygen atoms in total. The first-order chi connectivity index (χ1) is 10.2. The first kappa shape index (κ1) is 13.6. The number of nitrogens with two attached hydrogens (primary N) is 1. The van der Waals surface area contributed by atoms with Gasteiger partial charge < -0.3 is 10.6 Å². The van der Waals surface area contributed by atoms with Crippen LogP contribution in [0.1, 0.15) is 35.8 Å². The maximum Gasteiger partial charge on any atom is 0.271 e. The Hall–Kier alpha value is -2.37. The smallest absolute Gasteiger partial charge is 0.271 e. The Bertz CT molecular complexity index is 664. The second-order valence-corrected chi connectivity index (χ2v) is 5.32. The molecule has 3 N–H and O–H groups in total. The third-order valence-corrected chi connectivity index (χ3v) is 3.84. The summed E-state index contributed by atoms with van der Waals surface area (Å²) in [5.41, 5.74) is 9.51. The van der Waals surface area contributed by atoms with Crippen molar-refractivity contribution in [2.45, 2.75) is 26.2 Å². The number of rotatable bonds is 4. The number of benzene rings is 1. The van der Waals surface area contributed by atoms with Crippen LogP contribution in [0.4, 0.5) is 5.69 Å². The van der Waals surface area contributed by atoms with Crippen molar-refractivity contribution in [3.05, 3.63) is 29.5 Å². The van der Waals surface area contributed by atoms with Gasteiger partial charge in [0.25, 0.3) is 5.91 Å². The SMILES string of the molecule is CCCN1CCCc2cc(-c3n[nH]nc3C(N)=O)ccc21. The number of primary amides is 1. The molecule has 0 aliphatic carbocycles. The van der Waals surface area contributed by atoms with E-state index in [4.69, 9.17) is 5.73 Å². The zero-order valence-electron chi connectivity index (χ0n) is 12.1. The minimum Gasteiger partial charge on any atom is -0.371 e. The lowest BCUT2D eigenvalue weighted by atomic mass is 9.97. The molecule has 1 amide bonds. The van der Waals surface area contributed by atoms with Crippen LogP contribution in [-0.4, -0.2) is 34.4 Å². The van der Waals surface area contributed by atoms with Crippen molar-refractivity contribution < 1.29 is 4.79 Å². The number of nitrogens with one attached hydrogen (secondary N) is 1. The molecule has 0 radical (unpaired) electrons. The molecule has 1 aliphatic rings. The van der Waals surface area contributed by atoms with Crippen LogP contribution in [0.3, 0.4) is 0 Å². The monoisotopic (exact) mass is 285 g/mol. The predicted octanol–water partition coefficient (Wildman–Crippen LogP) is 1.73. The van der Waals surface area contributed by atoms with Gasteiger partial charge >= 0.3 is 0 Å². The average molecular weight is 285 g/mol. The minimum atomic E-state index is -0.566. The second kappa shape index (κ2) is 5.55. The van der Waals surface area contributed by atoms with Crippen LogP contribution in [0.5, 0.6) is 0 Å². The van der Waals surface area contributed by atoms with Crippen molar-refractivity contribution in [2.24, 2.45) is 5.73 Å². The maximum atomic E-state index is 11.4. The molecule has 0 saturated carbocycles. The van der Waals surface area contributed by atoms with Crippen molar-refractivity contribution >= 4 is 11.6 Å². The summed E-state index contributed by atoms with van der Waals surface area (Å²) in [6, 6.07) is 6.19. The molecule has 1 aromatic carbocycles. The Balaban J connectivity index is 1.99. The summed E-state index contributed by atoms with van der Waals surface area (Å²) < 4.78 is 0. The molecule has 1 aliphatic heterocycles. The van der Waals surface area contributed by atoms with E-state index >= 15 is 0 Å². The lowest BCUT2D eigenvalue weighted by Gasteiger charge is -2.31. The summed E-state index contributed by atoms with van der Waals surface area (Å²) in [6.07, 6.45) is 3.33. The van der Waals surface area contributed by atoms with E-state index in [-0.39, 0.29) is 5.69 Å². The molecule has 6 heteroatoms. The second-order valence-electron chi connectivity index (χ2n) is 5.32. The van der Waals surface area contributed by atoms with E-state index in [1.165, 1.54) is 11.3 Å². The lowest BCUT2D eigenvalue weighted by molar-refractivity contribution is 0.0996. The van der Waals surface area contributed by atoms with E-state index in [0.29, 0.717) is 5.69 Å². The minimum absolute atomic E-state index is 0.191. The first-order valence-corrected chi connectivity index (χ1v) is 7.29. The number of anilines is 1. The molecule has 2 aromatic rings. The zero-order valence-corrected chi connectivity index (χ0v) is 12.1. The van der Waals surface area contributed by atoms with Gasteiger partial charge in [0, 0.05) is 24.3 Å². The Labute approximate surface area is 123 Å². The number of nitrogens with zero attached hydrogens (tertiary/aromatic N) is 3. The van der Waals surface area contributed by atoms with Crippen molar-refractivity contribution in [3.63, 3.8) is 0 Å². The van der Waals surface area contributed by atoms with E-state index in [1.807, 2.05) is 6.07 Å². The molecular weight excluding hydrogens is 266 g/mol. The molecule has 0 unspecified atom stereocenters. The highest BCUT2D eigenvalue weighted by atomic mass is 16.1. The first-order valence-electron chi connectivity index (χ1n) is 7.29. The van der Waals surface area contributed by atoms with Gasteiger partial charge in [-0.2, -0.15) is 15.4 Å². The summed E-state index contributed by atoms with van der Waals surface area (Å²) >= 11 is 0.